The Hall–Kier alpha value is -1.26. The molecule has 2 rings (SSSR count). The van der Waals surface area contributed by atoms with Crippen molar-refractivity contribution in [2.75, 3.05) is 0 Å². The van der Waals surface area contributed by atoms with E-state index in [9.17, 15) is 5.11 Å². The highest BCUT2D eigenvalue weighted by Crippen LogP contribution is 2.20. The summed E-state index contributed by atoms with van der Waals surface area (Å²) in [5.41, 5.74) is 2.45. The summed E-state index contributed by atoms with van der Waals surface area (Å²) in [5.74, 6) is 0. The van der Waals surface area contributed by atoms with Crippen molar-refractivity contribution in [3.8, 4) is 0 Å². The van der Waals surface area contributed by atoms with Crippen molar-refractivity contribution in [1.82, 2.24) is 9.59 Å². The van der Waals surface area contributed by atoms with E-state index in [-0.39, 0.29) is 0 Å². The minimum absolute atomic E-state index is 0.493. The SMILES string of the molecule is CCc1ccc(CC(O)c2cnns2)cc1. The minimum Gasteiger partial charge on any atom is -0.387 e. The second-order valence-corrected chi connectivity index (χ2v) is 4.53. The van der Waals surface area contributed by atoms with E-state index >= 15 is 0 Å². The lowest BCUT2D eigenvalue weighted by Crippen LogP contribution is -1.99. The average molecular weight is 234 g/mol. The molecule has 0 saturated heterocycles. The van der Waals surface area contributed by atoms with Gasteiger partial charge in [0.05, 0.1) is 17.2 Å². The standard InChI is InChI=1S/C12H14N2OS/c1-2-9-3-5-10(6-4-9)7-11(15)12-8-13-14-16-12/h3-6,8,11,15H,2,7H2,1H3. The van der Waals surface area contributed by atoms with E-state index in [0.29, 0.717) is 6.42 Å². The number of aliphatic hydroxyl groups excluding tert-OH is 1. The highest BCUT2D eigenvalue weighted by Gasteiger charge is 2.10. The number of aromatic nitrogens is 2. The van der Waals surface area contributed by atoms with Crippen molar-refractivity contribution >= 4 is 11.5 Å². The molecule has 0 bridgehead atoms. The predicted molar refractivity (Wildman–Crippen MR) is 64.4 cm³/mol. The van der Waals surface area contributed by atoms with Gasteiger partial charge in [-0.1, -0.05) is 35.7 Å². The normalized spacial score (nSPS) is 12.6. The number of aliphatic hydroxyl groups is 1. The van der Waals surface area contributed by atoms with Crippen LogP contribution in [-0.2, 0) is 12.8 Å². The molecule has 84 valence electrons. The summed E-state index contributed by atoms with van der Waals surface area (Å²) in [6.45, 7) is 2.13. The maximum atomic E-state index is 9.92. The summed E-state index contributed by atoms with van der Waals surface area (Å²) in [4.78, 5) is 0.819. The monoisotopic (exact) mass is 234 g/mol. The third kappa shape index (κ3) is 2.65. The molecule has 0 radical (unpaired) electrons. The first-order valence-corrected chi connectivity index (χ1v) is 6.10. The Balaban J connectivity index is 2.03. The van der Waals surface area contributed by atoms with Gasteiger partial charge in [0.15, 0.2) is 0 Å². The van der Waals surface area contributed by atoms with Crippen molar-refractivity contribution < 1.29 is 5.11 Å². The Kier molecular flexibility index (Phi) is 3.64. The summed E-state index contributed by atoms with van der Waals surface area (Å²) in [7, 11) is 0. The highest BCUT2D eigenvalue weighted by molar-refractivity contribution is 7.05. The van der Waals surface area contributed by atoms with Crippen LogP contribution in [0.4, 0.5) is 0 Å². The van der Waals surface area contributed by atoms with Crippen LogP contribution in [0.15, 0.2) is 30.5 Å². The summed E-state index contributed by atoms with van der Waals surface area (Å²) in [6.07, 6.45) is 2.79. The molecule has 0 aliphatic carbocycles. The molecule has 3 nitrogen and oxygen atoms in total. The number of nitrogens with zero attached hydrogens (tertiary/aromatic N) is 2. The lowest BCUT2D eigenvalue weighted by atomic mass is 10.0. The van der Waals surface area contributed by atoms with E-state index in [1.165, 1.54) is 17.1 Å². The van der Waals surface area contributed by atoms with E-state index in [2.05, 4.69) is 40.8 Å². The Morgan fingerprint density at radius 2 is 1.94 bits per heavy atom. The third-order valence-electron chi connectivity index (χ3n) is 2.57. The Morgan fingerprint density at radius 3 is 2.50 bits per heavy atom. The topological polar surface area (TPSA) is 46.0 Å². The molecule has 1 atom stereocenters. The number of hydrogen-bond donors (Lipinski definition) is 1. The molecule has 16 heavy (non-hydrogen) atoms. The van der Waals surface area contributed by atoms with Gasteiger partial charge in [-0.25, -0.2) is 0 Å². The maximum Gasteiger partial charge on any atom is 0.0954 e. The van der Waals surface area contributed by atoms with Gasteiger partial charge in [0.2, 0.25) is 0 Å². The maximum absolute atomic E-state index is 9.92. The molecule has 0 spiro atoms. The Labute approximate surface area is 98.9 Å². The Bertz CT molecular complexity index is 425. The van der Waals surface area contributed by atoms with Crippen LogP contribution >= 0.6 is 11.5 Å². The van der Waals surface area contributed by atoms with Crippen LogP contribution in [0.1, 0.15) is 29.0 Å². The van der Waals surface area contributed by atoms with E-state index < -0.39 is 6.10 Å². The van der Waals surface area contributed by atoms with E-state index in [4.69, 9.17) is 0 Å². The van der Waals surface area contributed by atoms with Crippen molar-refractivity contribution in [2.45, 2.75) is 25.9 Å². The van der Waals surface area contributed by atoms with Crippen LogP contribution in [-0.4, -0.2) is 14.7 Å². The molecule has 0 saturated carbocycles. The zero-order chi connectivity index (χ0) is 11.4. The molecule has 1 aromatic carbocycles. The van der Waals surface area contributed by atoms with Crippen molar-refractivity contribution in [3.05, 3.63) is 46.5 Å². The average Bonchev–Trinajstić information content (AvgIpc) is 2.83. The number of hydrogen-bond acceptors (Lipinski definition) is 4. The van der Waals surface area contributed by atoms with Crippen LogP contribution in [0.2, 0.25) is 0 Å². The third-order valence-corrected chi connectivity index (χ3v) is 3.33. The predicted octanol–water partition coefficient (Wildman–Crippen LogP) is 2.38. The smallest absolute Gasteiger partial charge is 0.0954 e. The van der Waals surface area contributed by atoms with Gasteiger partial charge in [-0.2, -0.15) is 0 Å². The molecule has 1 heterocycles. The van der Waals surface area contributed by atoms with Crippen molar-refractivity contribution in [1.29, 1.82) is 0 Å². The van der Waals surface area contributed by atoms with Crippen LogP contribution in [0.5, 0.6) is 0 Å². The highest BCUT2D eigenvalue weighted by atomic mass is 32.1. The van der Waals surface area contributed by atoms with Gasteiger partial charge in [0, 0.05) is 6.42 Å². The number of aryl methyl sites for hydroxylation is 1. The molecular weight excluding hydrogens is 220 g/mol. The summed E-state index contributed by atoms with van der Waals surface area (Å²) in [5, 5.41) is 13.6. The van der Waals surface area contributed by atoms with Crippen LogP contribution in [0.25, 0.3) is 0 Å². The molecule has 0 amide bonds. The van der Waals surface area contributed by atoms with Gasteiger partial charge in [-0.15, -0.1) is 5.10 Å². The molecule has 2 aromatic rings. The second kappa shape index (κ2) is 5.18. The molecule has 4 heteroatoms. The van der Waals surface area contributed by atoms with Gasteiger partial charge in [-0.3, -0.25) is 0 Å². The van der Waals surface area contributed by atoms with Crippen LogP contribution in [0.3, 0.4) is 0 Å². The first kappa shape index (κ1) is 11.2. The Morgan fingerprint density at radius 1 is 1.25 bits per heavy atom. The molecule has 1 N–H and O–H groups in total. The summed E-state index contributed by atoms with van der Waals surface area (Å²) < 4.78 is 3.74. The van der Waals surface area contributed by atoms with E-state index in [1.54, 1.807) is 6.20 Å². The first-order chi connectivity index (χ1) is 7.79. The van der Waals surface area contributed by atoms with Gasteiger partial charge >= 0.3 is 0 Å². The zero-order valence-electron chi connectivity index (χ0n) is 9.13. The molecule has 0 aliphatic heterocycles. The van der Waals surface area contributed by atoms with Gasteiger partial charge in [-0.05, 0) is 29.1 Å². The lowest BCUT2D eigenvalue weighted by molar-refractivity contribution is 0.182. The fourth-order valence-electron chi connectivity index (χ4n) is 1.56. The molecule has 1 unspecified atom stereocenters. The largest absolute Gasteiger partial charge is 0.387 e. The lowest BCUT2D eigenvalue weighted by Gasteiger charge is -2.07. The van der Waals surface area contributed by atoms with E-state index in [0.717, 1.165) is 16.9 Å². The molecule has 0 aliphatic rings. The quantitative estimate of drug-likeness (QED) is 0.883. The molecule has 0 fully saturated rings. The van der Waals surface area contributed by atoms with Gasteiger partial charge in [0.1, 0.15) is 0 Å². The van der Waals surface area contributed by atoms with Crippen LogP contribution < -0.4 is 0 Å². The number of rotatable bonds is 4. The molecule has 1 aromatic heterocycles. The summed E-state index contributed by atoms with van der Waals surface area (Å²) >= 11 is 1.25. The molecular formula is C12H14N2OS. The van der Waals surface area contributed by atoms with Crippen molar-refractivity contribution in [3.63, 3.8) is 0 Å². The fourth-order valence-corrected chi connectivity index (χ4v) is 2.04. The van der Waals surface area contributed by atoms with Crippen molar-refractivity contribution in [2.24, 2.45) is 0 Å². The second-order valence-electron chi connectivity index (χ2n) is 3.71. The minimum atomic E-state index is -0.493. The van der Waals surface area contributed by atoms with Gasteiger partial charge < -0.3 is 5.11 Å². The van der Waals surface area contributed by atoms with Gasteiger partial charge in [0.25, 0.3) is 0 Å². The first-order valence-electron chi connectivity index (χ1n) is 5.32. The zero-order valence-corrected chi connectivity index (χ0v) is 9.94. The summed E-state index contributed by atoms with van der Waals surface area (Å²) in [6, 6.07) is 8.34. The number of benzene rings is 1. The van der Waals surface area contributed by atoms with Crippen LogP contribution in [0, 0.1) is 0 Å². The van der Waals surface area contributed by atoms with E-state index in [1.807, 2.05) is 0 Å². The fraction of sp³-hybridized carbons (Fsp3) is 0.333.